The van der Waals surface area contributed by atoms with Crippen LogP contribution in [0.5, 0.6) is 5.75 Å². The summed E-state index contributed by atoms with van der Waals surface area (Å²) < 4.78 is 34.5. The van der Waals surface area contributed by atoms with Crippen molar-refractivity contribution in [3.63, 3.8) is 0 Å². The molecule has 0 bridgehead atoms. The van der Waals surface area contributed by atoms with Crippen molar-refractivity contribution >= 4 is 22.1 Å². The maximum absolute atomic E-state index is 11.5. The van der Waals surface area contributed by atoms with Crippen LogP contribution in [0.4, 0.5) is 0 Å². The third kappa shape index (κ3) is 5.04. The van der Waals surface area contributed by atoms with Gasteiger partial charge in [0.2, 0.25) is 11.9 Å². The third-order valence-corrected chi connectivity index (χ3v) is 6.68. The van der Waals surface area contributed by atoms with E-state index >= 15 is 0 Å². The highest BCUT2D eigenvalue weighted by molar-refractivity contribution is 7.89. The van der Waals surface area contributed by atoms with E-state index in [0.717, 1.165) is 12.2 Å². The first-order valence-corrected chi connectivity index (χ1v) is 12.2. The number of rotatable bonds is 6. The Bertz CT molecular complexity index is 924. The van der Waals surface area contributed by atoms with Crippen molar-refractivity contribution in [1.29, 1.82) is 0 Å². The van der Waals surface area contributed by atoms with E-state index in [1.165, 1.54) is 56.3 Å². The van der Waals surface area contributed by atoms with Crippen molar-refractivity contribution in [1.82, 2.24) is 14.9 Å². The fourth-order valence-electron chi connectivity index (χ4n) is 4.50. The molecule has 2 aliphatic heterocycles. The highest BCUT2D eigenvalue weighted by Crippen LogP contribution is 2.39. The first-order chi connectivity index (χ1) is 14.5. The fourth-order valence-corrected chi connectivity index (χ4v) is 5.19. The summed E-state index contributed by atoms with van der Waals surface area (Å²) in [6.07, 6.45) is 8.12. The zero-order chi connectivity index (χ0) is 21.0. The summed E-state index contributed by atoms with van der Waals surface area (Å²) in [5, 5.41) is 2.92. The van der Waals surface area contributed by atoms with Crippen molar-refractivity contribution in [3.05, 3.63) is 29.3 Å². The largest absolute Gasteiger partial charge is 0.493 e. The van der Waals surface area contributed by atoms with Gasteiger partial charge in [0.1, 0.15) is 5.75 Å². The average molecular weight is 435 g/mol. The molecule has 1 aliphatic carbocycles. The normalized spacial score (nSPS) is 23.5. The fraction of sp³-hybridized carbons (Fsp3) is 0.600. The Morgan fingerprint density at radius 2 is 2.07 bits per heavy atom. The number of hydrogen-bond acceptors (Lipinski definition) is 7. The Kier molecular flexibility index (Phi) is 6.43. The molecule has 4 rings (SSSR count). The van der Waals surface area contributed by atoms with E-state index in [1.54, 1.807) is 0 Å². The minimum absolute atomic E-state index is 0.0870. The van der Waals surface area contributed by atoms with E-state index < -0.39 is 10.2 Å². The minimum atomic E-state index is -3.81. The maximum atomic E-state index is 11.5. The van der Waals surface area contributed by atoms with Crippen LogP contribution in [0.15, 0.2) is 27.6 Å². The van der Waals surface area contributed by atoms with Crippen molar-refractivity contribution in [2.45, 2.75) is 51.0 Å². The Labute approximate surface area is 178 Å². The Hall–Kier alpha value is -2.33. The second-order valence-electron chi connectivity index (χ2n) is 7.94. The van der Waals surface area contributed by atoms with E-state index in [-0.39, 0.29) is 11.9 Å². The van der Waals surface area contributed by atoms with Crippen LogP contribution in [0.2, 0.25) is 0 Å². The molecule has 1 unspecified atom stereocenters. The number of guanidine groups is 2. The van der Waals surface area contributed by atoms with E-state index in [1.807, 2.05) is 0 Å². The maximum Gasteiger partial charge on any atom is 0.347 e. The van der Waals surface area contributed by atoms with Gasteiger partial charge in [0, 0.05) is 12.6 Å². The van der Waals surface area contributed by atoms with Crippen LogP contribution in [0, 0.1) is 0 Å². The molecule has 164 valence electrons. The molecule has 1 aromatic carbocycles. The first-order valence-electron chi connectivity index (χ1n) is 10.7. The molecule has 0 radical (unpaired) electrons. The molecule has 1 saturated heterocycles. The smallest absolute Gasteiger partial charge is 0.347 e. The summed E-state index contributed by atoms with van der Waals surface area (Å²) >= 11 is 0. The Morgan fingerprint density at radius 3 is 2.87 bits per heavy atom. The third-order valence-electron chi connectivity index (χ3n) is 5.80. The van der Waals surface area contributed by atoms with Gasteiger partial charge in [0.05, 0.1) is 6.61 Å². The summed E-state index contributed by atoms with van der Waals surface area (Å²) in [7, 11) is -3.81. The molecule has 0 aromatic heterocycles. The zero-order valence-corrected chi connectivity index (χ0v) is 18.0. The number of hydrogen-bond donors (Lipinski definition) is 3. The van der Waals surface area contributed by atoms with Crippen LogP contribution < -0.4 is 20.5 Å². The number of fused-ring (bicyclic) bond motifs is 1. The first kappa shape index (κ1) is 20.9. The Morgan fingerprint density at radius 1 is 1.23 bits per heavy atom. The average Bonchev–Trinajstić information content (AvgIpc) is 2.72. The van der Waals surface area contributed by atoms with Crippen molar-refractivity contribution in [2.24, 2.45) is 15.1 Å². The summed E-state index contributed by atoms with van der Waals surface area (Å²) in [5.74, 6) is 0.775. The zero-order valence-electron chi connectivity index (χ0n) is 17.1. The van der Waals surface area contributed by atoms with E-state index in [2.05, 4.69) is 42.5 Å². The van der Waals surface area contributed by atoms with Crippen LogP contribution in [0.25, 0.3) is 0 Å². The van der Waals surface area contributed by atoms with Gasteiger partial charge in [-0.25, -0.2) is 4.72 Å². The van der Waals surface area contributed by atoms with E-state index in [4.69, 9.17) is 10.5 Å². The van der Waals surface area contributed by atoms with Crippen LogP contribution >= 0.6 is 0 Å². The summed E-state index contributed by atoms with van der Waals surface area (Å²) in [4.78, 5) is 6.49. The van der Waals surface area contributed by atoms with Crippen molar-refractivity contribution in [3.8, 4) is 5.75 Å². The number of nitrogens with zero attached hydrogens (tertiary/aromatic N) is 3. The number of aliphatic imine (C=N–C) groups is 1. The SMILES string of the molecule is NC1=NS(=O)(=O)NC(NCCCOc2cccc3c2CCCC3N2CCCCC2)=N1. The molecular weight excluding hydrogens is 404 g/mol. The molecule has 1 fully saturated rings. The molecule has 10 heteroatoms. The molecule has 0 amide bonds. The lowest BCUT2D eigenvalue weighted by Crippen LogP contribution is -2.45. The van der Waals surface area contributed by atoms with Gasteiger partial charge in [-0.1, -0.05) is 18.6 Å². The van der Waals surface area contributed by atoms with Gasteiger partial charge >= 0.3 is 10.2 Å². The van der Waals surface area contributed by atoms with Crippen LogP contribution in [-0.4, -0.2) is 51.5 Å². The van der Waals surface area contributed by atoms with Crippen LogP contribution in [-0.2, 0) is 16.6 Å². The molecule has 0 saturated carbocycles. The number of benzene rings is 1. The minimum Gasteiger partial charge on any atom is -0.493 e. The van der Waals surface area contributed by atoms with E-state index in [9.17, 15) is 8.42 Å². The summed E-state index contributed by atoms with van der Waals surface area (Å²) in [6, 6.07) is 6.94. The van der Waals surface area contributed by atoms with Gasteiger partial charge < -0.3 is 15.8 Å². The molecule has 2 heterocycles. The number of likely N-dealkylation sites (tertiary alicyclic amines) is 1. The summed E-state index contributed by atoms with van der Waals surface area (Å²) in [6.45, 7) is 3.43. The van der Waals surface area contributed by atoms with Crippen LogP contribution in [0.3, 0.4) is 0 Å². The molecule has 4 N–H and O–H groups in total. The summed E-state index contributed by atoms with van der Waals surface area (Å²) in [5.41, 5.74) is 8.19. The molecule has 1 aromatic rings. The highest BCUT2D eigenvalue weighted by atomic mass is 32.2. The number of nitrogens with one attached hydrogen (secondary N) is 2. The van der Waals surface area contributed by atoms with Gasteiger partial charge in [-0.05, 0) is 68.8 Å². The van der Waals surface area contributed by atoms with Crippen molar-refractivity contribution in [2.75, 3.05) is 26.2 Å². The number of nitrogens with two attached hydrogens (primary N) is 1. The molecule has 0 spiro atoms. The highest BCUT2D eigenvalue weighted by Gasteiger charge is 2.28. The Balaban J connectivity index is 1.31. The predicted molar refractivity (Wildman–Crippen MR) is 117 cm³/mol. The predicted octanol–water partition coefficient (Wildman–Crippen LogP) is 1.43. The van der Waals surface area contributed by atoms with Crippen LogP contribution in [0.1, 0.15) is 55.7 Å². The number of piperidine rings is 1. The van der Waals surface area contributed by atoms with Gasteiger partial charge in [-0.3, -0.25) is 4.90 Å². The standard InChI is InChI=1S/C20H30N6O3S/c21-19-23-20(25-30(27,28)24-19)22-11-6-14-29-18-10-5-7-15-16(18)8-4-9-17(15)26-12-2-1-3-13-26/h5,7,10,17H,1-4,6,8-9,11-14H2,(H4,21,22,23,24,25). The van der Waals surface area contributed by atoms with Gasteiger partial charge in [-0.15, -0.1) is 4.40 Å². The van der Waals surface area contributed by atoms with Gasteiger partial charge in [0.25, 0.3) is 0 Å². The van der Waals surface area contributed by atoms with E-state index in [0.29, 0.717) is 25.6 Å². The quantitative estimate of drug-likeness (QED) is 0.582. The molecular formula is C20H30N6O3S. The second kappa shape index (κ2) is 9.22. The van der Waals surface area contributed by atoms with Gasteiger partial charge in [-0.2, -0.15) is 13.4 Å². The lowest BCUT2D eigenvalue weighted by molar-refractivity contribution is 0.147. The lowest BCUT2D eigenvalue weighted by atomic mass is 9.85. The number of ether oxygens (including phenoxy) is 1. The topological polar surface area (TPSA) is 121 Å². The molecule has 9 nitrogen and oxygen atoms in total. The molecule has 30 heavy (non-hydrogen) atoms. The monoisotopic (exact) mass is 434 g/mol. The molecule has 1 atom stereocenters. The second-order valence-corrected chi connectivity index (χ2v) is 9.28. The lowest BCUT2D eigenvalue weighted by Gasteiger charge is -2.38. The van der Waals surface area contributed by atoms with Crippen molar-refractivity contribution < 1.29 is 13.2 Å². The molecule has 3 aliphatic rings. The van der Waals surface area contributed by atoms with Gasteiger partial charge in [0.15, 0.2) is 0 Å².